The lowest BCUT2D eigenvalue weighted by molar-refractivity contribution is 0.151. The van der Waals surface area contributed by atoms with Gasteiger partial charge in [-0.2, -0.15) is 5.10 Å². The highest BCUT2D eigenvalue weighted by Gasteiger charge is 2.19. The SMILES string of the molecule is CN(Cc1cn[nH]c1)C(=O)N1CCCCC1. The average molecular weight is 222 g/mol. The number of piperidine rings is 1. The van der Waals surface area contributed by atoms with E-state index < -0.39 is 0 Å². The van der Waals surface area contributed by atoms with Crippen LogP contribution >= 0.6 is 0 Å². The van der Waals surface area contributed by atoms with Crippen LogP contribution in [0.2, 0.25) is 0 Å². The average Bonchev–Trinajstić information content (AvgIpc) is 2.82. The van der Waals surface area contributed by atoms with Gasteiger partial charge in [0.1, 0.15) is 0 Å². The number of aromatic amines is 1. The monoisotopic (exact) mass is 222 g/mol. The van der Waals surface area contributed by atoms with Crippen LogP contribution in [0, 0.1) is 0 Å². The number of likely N-dealkylation sites (tertiary alicyclic amines) is 1. The summed E-state index contributed by atoms with van der Waals surface area (Å²) in [6, 6.07) is 0.126. The van der Waals surface area contributed by atoms with E-state index >= 15 is 0 Å². The zero-order chi connectivity index (χ0) is 11.4. The second kappa shape index (κ2) is 5.01. The molecule has 0 bridgehead atoms. The van der Waals surface area contributed by atoms with Crippen LogP contribution in [0.1, 0.15) is 24.8 Å². The predicted octanol–water partition coefficient (Wildman–Crippen LogP) is 1.45. The van der Waals surface area contributed by atoms with Crippen molar-refractivity contribution in [1.82, 2.24) is 20.0 Å². The minimum atomic E-state index is 0.126. The Balaban J connectivity index is 1.88. The van der Waals surface area contributed by atoms with Crippen molar-refractivity contribution in [2.24, 2.45) is 0 Å². The van der Waals surface area contributed by atoms with Crippen molar-refractivity contribution in [3.8, 4) is 0 Å². The standard InChI is InChI=1S/C11H18N4O/c1-14(9-10-7-12-13-8-10)11(16)15-5-3-2-4-6-15/h7-8H,2-6,9H2,1H3,(H,12,13). The van der Waals surface area contributed by atoms with Crippen molar-refractivity contribution in [1.29, 1.82) is 0 Å². The fraction of sp³-hybridized carbons (Fsp3) is 0.636. The predicted molar refractivity (Wildman–Crippen MR) is 60.9 cm³/mol. The molecule has 0 unspecified atom stereocenters. The van der Waals surface area contributed by atoms with E-state index in [1.54, 1.807) is 11.1 Å². The molecule has 5 nitrogen and oxygen atoms in total. The Morgan fingerprint density at radius 2 is 2.25 bits per heavy atom. The van der Waals surface area contributed by atoms with Gasteiger partial charge in [-0.1, -0.05) is 0 Å². The Kier molecular flexibility index (Phi) is 3.44. The van der Waals surface area contributed by atoms with E-state index in [4.69, 9.17) is 0 Å². The molecule has 1 aliphatic heterocycles. The molecule has 1 aromatic heterocycles. The van der Waals surface area contributed by atoms with Gasteiger partial charge in [0.25, 0.3) is 0 Å². The summed E-state index contributed by atoms with van der Waals surface area (Å²) in [4.78, 5) is 15.7. The van der Waals surface area contributed by atoms with Crippen molar-refractivity contribution >= 4 is 6.03 Å². The van der Waals surface area contributed by atoms with E-state index in [1.165, 1.54) is 6.42 Å². The van der Waals surface area contributed by atoms with Crippen LogP contribution in [0.25, 0.3) is 0 Å². The topological polar surface area (TPSA) is 52.2 Å². The summed E-state index contributed by atoms with van der Waals surface area (Å²) in [5, 5.41) is 6.62. The van der Waals surface area contributed by atoms with Crippen molar-refractivity contribution in [3.63, 3.8) is 0 Å². The molecule has 0 aliphatic carbocycles. The number of hydrogen-bond acceptors (Lipinski definition) is 2. The van der Waals surface area contributed by atoms with Crippen LogP contribution in [0.15, 0.2) is 12.4 Å². The van der Waals surface area contributed by atoms with Crippen LogP contribution in [0.4, 0.5) is 4.79 Å². The van der Waals surface area contributed by atoms with Gasteiger partial charge < -0.3 is 9.80 Å². The minimum Gasteiger partial charge on any atom is -0.325 e. The molecule has 0 saturated carbocycles. The molecule has 0 aromatic carbocycles. The number of carbonyl (C=O) groups excluding carboxylic acids is 1. The van der Waals surface area contributed by atoms with Crippen molar-refractivity contribution in [2.45, 2.75) is 25.8 Å². The van der Waals surface area contributed by atoms with Gasteiger partial charge in [0.05, 0.1) is 12.7 Å². The molecule has 1 aromatic rings. The molecule has 2 heterocycles. The normalized spacial score (nSPS) is 16.2. The zero-order valence-electron chi connectivity index (χ0n) is 9.65. The van der Waals surface area contributed by atoms with E-state index in [2.05, 4.69) is 10.2 Å². The van der Waals surface area contributed by atoms with Crippen LogP contribution in [0.5, 0.6) is 0 Å². The fourth-order valence-corrected chi connectivity index (χ4v) is 2.03. The third kappa shape index (κ3) is 2.53. The van der Waals surface area contributed by atoms with Crippen LogP contribution in [-0.4, -0.2) is 46.2 Å². The summed E-state index contributed by atoms with van der Waals surface area (Å²) in [5.74, 6) is 0. The Labute approximate surface area is 95.4 Å². The summed E-state index contributed by atoms with van der Waals surface area (Å²) in [6.45, 7) is 2.41. The lowest BCUT2D eigenvalue weighted by Crippen LogP contribution is -2.43. The zero-order valence-corrected chi connectivity index (χ0v) is 9.65. The molecule has 1 saturated heterocycles. The maximum Gasteiger partial charge on any atom is 0.320 e. The summed E-state index contributed by atoms with van der Waals surface area (Å²) in [6.07, 6.45) is 7.08. The number of aromatic nitrogens is 2. The Morgan fingerprint density at radius 3 is 2.88 bits per heavy atom. The summed E-state index contributed by atoms with van der Waals surface area (Å²) >= 11 is 0. The molecule has 1 fully saturated rings. The van der Waals surface area contributed by atoms with Crippen molar-refractivity contribution in [3.05, 3.63) is 18.0 Å². The Bertz CT molecular complexity index is 330. The second-order valence-electron chi connectivity index (χ2n) is 4.29. The highest BCUT2D eigenvalue weighted by Crippen LogP contribution is 2.11. The highest BCUT2D eigenvalue weighted by molar-refractivity contribution is 5.74. The van der Waals surface area contributed by atoms with Gasteiger partial charge in [0.15, 0.2) is 0 Å². The van der Waals surface area contributed by atoms with Crippen LogP contribution in [-0.2, 0) is 6.54 Å². The molecule has 5 heteroatoms. The number of hydrogen-bond donors (Lipinski definition) is 1. The molecule has 2 amide bonds. The number of rotatable bonds is 2. The van der Waals surface area contributed by atoms with Gasteiger partial charge in [0, 0.05) is 31.9 Å². The minimum absolute atomic E-state index is 0.126. The molecule has 2 rings (SSSR count). The molecular formula is C11H18N4O. The van der Waals surface area contributed by atoms with E-state index in [-0.39, 0.29) is 6.03 Å². The first kappa shape index (κ1) is 11.0. The summed E-state index contributed by atoms with van der Waals surface area (Å²) in [5.41, 5.74) is 1.04. The van der Waals surface area contributed by atoms with Crippen LogP contribution in [0.3, 0.4) is 0 Å². The van der Waals surface area contributed by atoms with Gasteiger partial charge in [-0.05, 0) is 19.3 Å². The first-order valence-corrected chi connectivity index (χ1v) is 5.75. The summed E-state index contributed by atoms with van der Waals surface area (Å²) in [7, 11) is 1.84. The first-order chi connectivity index (χ1) is 7.77. The quantitative estimate of drug-likeness (QED) is 0.823. The number of urea groups is 1. The third-order valence-corrected chi connectivity index (χ3v) is 2.93. The molecule has 1 N–H and O–H groups in total. The first-order valence-electron chi connectivity index (χ1n) is 5.75. The van der Waals surface area contributed by atoms with Crippen molar-refractivity contribution in [2.75, 3.05) is 20.1 Å². The van der Waals surface area contributed by atoms with Gasteiger partial charge in [0.2, 0.25) is 0 Å². The third-order valence-electron chi connectivity index (χ3n) is 2.93. The number of amides is 2. The number of carbonyl (C=O) groups is 1. The lowest BCUT2D eigenvalue weighted by Gasteiger charge is -2.30. The maximum absolute atomic E-state index is 12.0. The van der Waals surface area contributed by atoms with E-state index in [9.17, 15) is 4.79 Å². The van der Waals surface area contributed by atoms with Gasteiger partial charge in [-0.25, -0.2) is 4.79 Å². The Hall–Kier alpha value is -1.52. The fourth-order valence-electron chi connectivity index (χ4n) is 2.03. The summed E-state index contributed by atoms with van der Waals surface area (Å²) < 4.78 is 0. The highest BCUT2D eigenvalue weighted by atomic mass is 16.2. The molecular weight excluding hydrogens is 204 g/mol. The molecule has 0 radical (unpaired) electrons. The Morgan fingerprint density at radius 1 is 1.50 bits per heavy atom. The number of H-pyrrole nitrogens is 1. The number of nitrogens with zero attached hydrogens (tertiary/aromatic N) is 3. The van der Waals surface area contributed by atoms with Gasteiger partial charge in [-0.3, -0.25) is 5.10 Å². The maximum atomic E-state index is 12.0. The van der Waals surface area contributed by atoms with E-state index in [1.807, 2.05) is 18.1 Å². The molecule has 16 heavy (non-hydrogen) atoms. The van der Waals surface area contributed by atoms with Crippen LogP contribution < -0.4 is 0 Å². The molecule has 0 spiro atoms. The van der Waals surface area contributed by atoms with E-state index in [0.717, 1.165) is 31.5 Å². The van der Waals surface area contributed by atoms with E-state index in [0.29, 0.717) is 6.54 Å². The van der Waals surface area contributed by atoms with Gasteiger partial charge >= 0.3 is 6.03 Å². The molecule has 0 atom stereocenters. The van der Waals surface area contributed by atoms with Crippen molar-refractivity contribution < 1.29 is 4.79 Å². The largest absolute Gasteiger partial charge is 0.325 e. The molecule has 88 valence electrons. The lowest BCUT2D eigenvalue weighted by atomic mass is 10.1. The molecule has 1 aliphatic rings. The second-order valence-corrected chi connectivity index (χ2v) is 4.29. The number of nitrogens with one attached hydrogen (secondary N) is 1. The smallest absolute Gasteiger partial charge is 0.320 e. The van der Waals surface area contributed by atoms with Gasteiger partial charge in [-0.15, -0.1) is 0 Å².